The average molecular weight is 1960 g/mol. The third-order valence-corrected chi connectivity index (χ3v) is 40.0. The molecular weight excluding hydrogens is 1790 g/mol. The SMILES string of the molecule is Cc1c(C)c(C)c2c(oc3c(C)c(C)c(C)c(C)c32)c1C.Cc1c(C)c(C)c2c(oc3c(C)c(C)c(C)c(C)c32)c1C.Cc1c(C)c(C)c2c(oc3c(C)c(C)c(C)c(C)c32)c1C.Cc1c(C)c(C)c2c(oc3c(C)c(C)c(C)c(C)c32)c1C.Cc1c(C)c(C)c2c(oc3c(C)c(C)c(C)c(C)c32)c1C.Cc1c(C)c(C)c2c(oc3c(C)c(C)c(C)c(C)c32)c1C.Cc1c(C)c(C)c2c(oc3c(C)c(C)c(C)c(C)c32)c1C. The van der Waals surface area contributed by atoms with Gasteiger partial charge in [0.05, 0.1) is 0 Å². The molecule has 0 saturated carbocycles. The third kappa shape index (κ3) is 16.1. The van der Waals surface area contributed by atoms with Crippen molar-refractivity contribution in [3.05, 3.63) is 312 Å². The van der Waals surface area contributed by atoms with Crippen molar-refractivity contribution in [3.8, 4) is 0 Å². The topological polar surface area (TPSA) is 92.0 Å². The second-order valence-corrected chi connectivity index (χ2v) is 45.6. The highest BCUT2D eigenvalue weighted by Gasteiger charge is 2.31. The summed E-state index contributed by atoms with van der Waals surface area (Å²) in [6.45, 7) is 123. The zero-order chi connectivity index (χ0) is 109. The van der Waals surface area contributed by atoms with Crippen LogP contribution in [0.2, 0.25) is 0 Å². The number of furan rings is 7. The molecule has 0 atom stereocenters. The fourth-order valence-corrected chi connectivity index (χ4v) is 24.6. The molecule has 0 radical (unpaired) electrons. The van der Waals surface area contributed by atoms with Crippen molar-refractivity contribution in [2.75, 3.05) is 0 Å². The van der Waals surface area contributed by atoms with Crippen LogP contribution >= 0.6 is 0 Å². The minimum Gasteiger partial charge on any atom is -0.455 e. The number of rotatable bonds is 0. The molecule has 14 aromatic carbocycles. The highest BCUT2D eigenvalue weighted by molar-refractivity contribution is 6.18. The van der Waals surface area contributed by atoms with E-state index in [9.17, 15) is 0 Å². The first-order valence-electron chi connectivity index (χ1n) is 53.6. The van der Waals surface area contributed by atoms with Gasteiger partial charge in [0.15, 0.2) is 0 Å². The Morgan fingerprint density at radius 1 is 0.0544 bits per heavy atom. The average Bonchev–Trinajstić information content (AvgIpc) is 1.61. The van der Waals surface area contributed by atoms with E-state index in [4.69, 9.17) is 30.9 Å². The van der Waals surface area contributed by atoms with E-state index in [1.807, 2.05) is 0 Å². The van der Waals surface area contributed by atoms with Gasteiger partial charge < -0.3 is 30.9 Å². The lowest BCUT2D eigenvalue weighted by Crippen LogP contribution is -1.94. The predicted molar refractivity (Wildman–Crippen MR) is 641 cm³/mol. The van der Waals surface area contributed by atoms with Gasteiger partial charge in [0, 0.05) is 75.4 Å². The lowest BCUT2D eigenvalue weighted by Gasteiger charge is -2.12. The van der Waals surface area contributed by atoms with Gasteiger partial charge >= 0.3 is 0 Å². The van der Waals surface area contributed by atoms with Crippen molar-refractivity contribution in [2.24, 2.45) is 0 Å². The van der Waals surface area contributed by atoms with Crippen molar-refractivity contribution < 1.29 is 30.9 Å². The van der Waals surface area contributed by atoms with E-state index < -0.39 is 0 Å². The molecule has 0 aliphatic heterocycles. The van der Waals surface area contributed by atoms with Crippen LogP contribution < -0.4 is 0 Å². The summed E-state index contributed by atoms with van der Waals surface area (Å²) in [7, 11) is 0. The summed E-state index contributed by atoms with van der Waals surface area (Å²) < 4.78 is 44.4. The predicted octanol–water partition coefficient (Wildman–Crippen LogP) is 42.4. The molecule has 0 N–H and O–H groups in total. The van der Waals surface area contributed by atoms with Crippen molar-refractivity contribution in [2.45, 2.75) is 388 Å². The van der Waals surface area contributed by atoms with Gasteiger partial charge in [-0.3, -0.25) is 0 Å². The first-order chi connectivity index (χ1) is 68.4. The summed E-state index contributed by atoms with van der Waals surface area (Å²) >= 11 is 0. The molecule has 0 aliphatic rings. The molecule has 770 valence electrons. The van der Waals surface area contributed by atoms with Crippen molar-refractivity contribution >= 4 is 154 Å². The largest absolute Gasteiger partial charge is 0.455 e. The molecule has 0 amide bonds. The maximum absolute atomic E-state index is 6.35. The Hall–Kier alpha value is -12.3. The van der Waals surface area contributed by atoms with E-state index in [2.05, 4.69) is 388 Å². The van der Waals surface area contributed by atoms with Gasteiger partial charge in [-0.05, 0) is 699 Å². The first-order valence-corrected chi connectivity index (χ1v) is 53.6. The molecule has 0 saturated heterocycles. The van der Waals surface area contributed by atoms with Crippen LogP contribution in [0.1, 0.15) is 312 Å². The van der Waals surface area contributed by atoms with Crippen LogP contribution in [0.15, 0.2) is 30.9 Å². The molecule has 0 spiro atoms. The fraction of sp³-hybridized carbons (Fsp3) is 0.400. The fourth-order valence-electron chi connectivity index (χ4n) is 24.6. The van der Waals surface area contributed by atoms with Gasteiger partial charge in [0.1, 0.15) is 78.2 Å². The lowest BCUT2D eigenvalue weighted by atomic mass is 9.90. The Morgan fingerprint density at radius 2 is 0.0952 bits per heavy atom. The Bertz CT molecular complexity index is 7340. The molecular formula is C140H168O7. The Balaban J connectivity index is 0.000000129. The van der Waals surface area contributed by atoms with Crippen LogP contribution in [0, 0.1) is 388 Å². The first kappa shape index (κ1) is 109. The van der Waals surface area contributed by atoms with Crippen LogP contribution in [0.25, 0.3) is 154 Å². The maximum Gasteiger partial charge on any atom is 0.138 e. The number of hydrogen-bond donors (Lipinski definition) is 0. The van der Waals surface area contributed by atoms with Gasteiger partial charge in [-0.25, -0.2) is 0 Å². The smallest absolute Gasteiger partial charge is 0.138 e. The molecule has 0 fully saturated rings. The van der Waals surface area contributed by atoms with Crippen molar-refractivity contribution in [1.29, 1.82) is 0 Å². The van der Waals surface area contributed by atoms with Gasteiger partial charge in [0.2, 0.25) is 0 Å². The van der Waals surface area contributed by atoms with Crippen LogP contribution in [-0.2, 0) is 0 Å². The number of hydrogen-bond acceptors (Lipinski definition) is 7. The molecule has 7 aromatic heterocycles. The Labute approximate surface area is 877 Å². The molecule has 147 heavy (non-hydrogen) atoms. The minimum atomic E-state index is 1.07. The summed E-state index contributed by atoms with van der Waals surface area (Å²) in [6.07, 6.45) is 0. The summed E-state index contributed by atoms with van der Waals surface area (Å²) in [6, 6.07) is 0. The van der Waals surface area contributed by atoms with Gasteiger partial charge in [0.25, 0.3) is 0 Å². The van der Waals surface area contributed by atoms with Gasteiger partial charge in [-0.2, -0.15) is 0 Å². The number of fused-ring (bicyclic) bond motifs is 21. The van der Waals surface area contributed by atoms with Crippen molar-refractivity contribution in [1.82, 2.24) is 0 Å². The number of benzene rings is 14. The van der Waals surface area contributed by atoms with E-state index in [0.29, 0.717) is 0 Å². The molecule has 0 unspecified atom stereocenters. The summed E-state index contributed by atoms with van der Waals surface area (Å²) in [4.78, 5) is 0. The van der Waals surface area contributed by atoms with Gasteiger partial charge in [-0.1, -0.05) is 0 Å². The summed E-state index contributed by atoms with van der Waals surface area (Å²) in [5, 5.41) is 18.4. The van der Waals surface area contributed by atoms with Crippen molar-refractivity contribution in [3.63, 3.8) is 0 Å². The maximum atomic E-state index is 6.35. The molecule has 0 bridgehead atoms. The Morgan fingerprint density at radius 3 is 0.143 bits per heavy atom. The Kier molecular flexibility index (Phi) is 28.6. The highest BCUT2D eigenvalue weighted by Crippen LogP contribution is 2.51. The second kappa shape index (κ2) is 38.7. The lowest BCUT2D eigenvalue weighted by molar-refractivity contribution is 0.660. The zero-order valence-electron chi connectivity index (χ0n) is 101. The minimum absolute atomic E-state index is 1.07. The molecule has 7 heteroatoms. The van der Waals surface area contributed by atoms with E-state index >= 15 is 0 Å². The van der Waals surface area contributed by atoms with E-state index in [-0.39, 0.29) is 0 Å². The van der Waals surface area contributed by atoms with Crippen LogP contribution in [0.3, 0.4) is 0 Å². The van der Waals surface area contributed by atoms with E-state index in [1.165, 1.54) is 387 Å². The number of aryl methyl sites for hydroxylation is 28. The second-order valence-electron chi connectivity index (χ2n) is 45.6. The van der Waals surface area contributed by atoms with Crippen LogP contribution in [0.4, 0.5) is 0 Å². The van der Waals surface area contributed by atoms with E-state index in [0.717, 1.165) is 78.2 Å². The zero-order valence-corrected chi connectivity index (χ0v) is 101. The highest BCUT2D eigenvalue weighted by atomic mass is 16.4. The molecule has 21 aromatic rings. The third-order valence-electron chi connectivity index (χ3n) is 40.0. The van der Waals surface area contributed by atoms with Gasteiger partial charge in [-0.15, -0.1) is 0 Å². The standard InChI is InChI=1S/7C20H24O/c7*1-9-11(3)15(7)19-17(13(9)5)18-14(6)10(2)12(4)16(8)20(18)21-19/h7*1-8H3. The monoisotopic (exact) mass is 1960 g/mol. The van der Waals surface area contributed by atoms with E-state index in [1.54, 1.807) is 0 Å². The summed E-state index contributed by atoms with van der Waals surface area (Å²) in [5.41, 5.74) is 90.2. The quantitative estimate of drug-likeness (QED) is 0.149. The van der Waals surface area contributed by atoms with Crippen LogP contribution in [-0.4, -0.2) is 0 Å². The summed E-state index contributed by atoms with van der Waals surface area (Å²) in [5.74, 6) is 0. The normalized spacial score (nSPS) is 11.8. The molecule has 21 rings (SSSR count). The molecule has 7 heterocycles. The van der Waals surface area contributed by atoms with Crippen LogP contribution in [0.5, 0.6) is 0 Å². The molecule has 0 aliphatic carbocycles. The molecule has 7 nitrogen and oxygen atoms in total.